The Morgan fingerprint density at radius 1 is 1.00 bits per heavy atom. The summed E-state index contributed by atoms with van der Waals surface area (Å²) in [6.45, 7) is 0. The van der Waals surface area contributed by atoms with Gasteiger partial charge in [0.25, 0.3) is 0 Å². The monoisotopic (exact) mass is 248 g/mol. The van der Waals surface area contributed by atoms with Crippen LogP contribution < -0.4 is 5.30 Å². The fourth-order valence-corrected chi connectivity index (χ4v) is 2.96. The highest BCUT2D eigenvalue weighted by Gasteiger charge is 2.09. The van der Waals surface area contributed by atoms with E-state index in [0.717, 1.165) is 16.6 Å². The molecular weight excluding hydrogens is 238 g/mol. The van der Waals surface area contributed by atoms with Crippen molar-refractivity contribution < 1.29 is 8.73 Å². The average molecular weight is 248 g/mol. The molecule has 4 heteroatoms. The van der Waals surface area contributed by atoms with Gasteiger partial charge in [0.1, 0.15) is 11.2 Å². The molecule has 0 spiro atoms. The molecule has 16 heavy (non-hydrogen) atoms. The minimum Gasteiger partial charge on any atom is -0.456 e. The van der Waals surface area contributed by atoms with Crippen LogP contribution >= 0.6 is 18.3 Å². The molecule has 0 N–H and O–H groups in total. The Bertz CT molecular complexity index is 646. The molecule has 0 fully saturated rings. The number of furan rings is 1. The van der Waals surface area contributed by atoms with Crippen LogP contribution in [0.1, 0.15) is 0 Å². The number of hydrogen-bond acceptors (Lipinski definition) is 2. The van der Waals surface area contributed by atoms with E-state index in [-0.39, 0.29) is 0 Å². The second-order valence-electron chi connectivity index (χ2n) is 3.50. The van der Waals surface area contributed by atoms with E-state index in [1.165, 1.54) is 10.7 Å². The van der Waals surface area contributed by atoms with Gasteiger partial charge in [-0.05, 0) is 12.1 Å². The first kappa shape index (κ1) is 10.2. The van der Waals surface area contributed by atoms with Crippen molar-refractivity contribution in [3.05, 3.63) is 42.5 Å². The van der Waals surface area contributed by atoms with Gasteiger partial charge < -0.3 is 8.73 Å². The van der Waals surface area contributed by atoms with Gasteiger partial charge in [0, 0.05) is 25.5 Å². The molecule has 0 aliphatic carbocycles. The van der Waals surface area contributed by atoms with Crippen molar-refractivity contribution in [2.45, 2.75) is 0 Å². The Kier molecular flexibility index (Phi) is 2.65. The molecule has 0 bridgehead atoms. The van der Waals surface area contributed by atoms with E-state index in [2.05, 4.69) is 21.6 Å². The minimum absolute atomic E-state index is 0.324. The predicted molar refractivity (Wildman–Crippen MR) is 72.5 cm³/mol. The summed E-state index contributed by atoms with van der Waals surface area (Å²) >= 11 is 0. The van der Waals surface area contributed by atoms with Gasteiger partial charge in [-0.1, -0.05) is 30.3 Å². The summed E-state index contributed by atoms with van der Waals surface area (Å²) in [6.07, 6.45) is 0. The normalized spacial score (nSPS) is 12.1. The summed E-state index contributed by atoms with van der Waals surface area (Å²) in [7, 11) is 2.62. The van der Waals surface area contributed by atoms with Gasteiger partial charge in [0.15, 0.2) is 0 Å². The molecule has 3 aromatic rings. The zero-order valence-corrected chi connectivity index (χ0v) is 10.6. The Hall–Kier alpha value is -0.940. The Balaban J connectivity index is 2.43. The third-order valence-corrected chi connectivity index (χ3v) is 3.68. The zero-order valence-electron chi connectivity index (χ0n) is 8.44. The highest BCUT2D eigenvalue weighted by molar-refractivity contribution is 7.47. The standard InChI is InChI=1S/C12H10O2P2/c15-14-16-11-7-3-6-10-12(11)8-4-1-2-5-9(8)13-10/h1-7,16H,15H2. The van der Waals surface area contributed by atoms with Gasteiger partial charge in [0.05, 0.1) is 8.81 Å². The van der Waals surface area contributed by atoms with E-state index in [4.69, 9.17) is 8.73 Å². The van der Waals surface area contributed by atoms with Crippen molar-refractivity contribution in [2.75, 3.05) is 0 Å². The van der Waals surface area contributed by atoms with Gasteiger partial charge in [-0.3, -0.25) is 0 Å². The maximum absolute atomic E-state index is 5.78. The van der Waals surface area contributed by atoms with Crippen LogP contribution in [0.3, 0.4) is 0 Å². The summed E-state index contributed by atoms with van der Waals surface area (Å²) in [5.74, 6) is 0. The van der Waals surface area contributed by atoms with Crippen LogP contribution in [-0.4, -0.2) is 0 Å². The van der Waals surface area contributed by atoms with Crippen LogP contribution in [0.5, 0.6) is 0 Å². The number of fused-ring (bicyclic) bond motifs is 3. The summed E-state index contributed by atoms with van der Waals surface area (Å²) in [6, 6.07) is 14.1. The van der Waals surface area contributed by atoms with E-state index in [0.29, 0.717) is 8.81 Å². The lowest BCUT2D eigenvalue weighted by Crippen LogP contribution is -1.93. The summed E-state index contributed by atoms with van der Waals surface area (Å²) in [4.78, 5) is 0. The average Bonchev–Trinajstić information content (AvgIpc) is 2.68. The number of benzene rings is 2. The van der Waals surface area contributed by atoms with E-state index in [9.17, 15) is 0 Å². The first-order valence-electron chi connectivity index (χ1n) is 4.92. The Morgan fingerprint density at radius 2 is 1.81 bits per heavy atom. The van der Waals surface area contributed by atoms with Crippen LogP contribution in [0.15, 0.2) is 46.9 Å². The largest absolute Gasteiger partial charge is 0.456 e. The molecule has 0 radical (unpaired) electrons. The second kappa shape index (κ2) is 4.14. The van der Waals surface area contributed by atoms with Crippen molar-refractivity contribution in [2.24, 2.45) is 0 Å². The molecule has 1 heterocycles. The minimum atomic E-state index is 0.324. The summed E-state index contributed by atoms with van der Waals surface area (Å²) < 4.78 is 10.9. The maximum Gasteiger partial charge on any atom is 0.136 e. The summed E-state index contributed by atoms with van der Waals surface area (Å²) in [5, 5.41) is 3.50. The molecule has 2 nitrogen and oxygen atoms in total. The highest BCUT2D eigenvalue weighted by atomic mass is 31.1. The van der Waals surface area contributed by atoms with E-state index >= 15 is 0 Å². The van der Waals surface area contributed by atoms with Crippen molar-refractivity contribution >= 4 is 45.5 Å². The topological polar surface area (TPSA) is 22.4 Å². The zero-order chi connectivity index (χ0) is 11.0. The molecule has 80 valence electrons. The van der Waals surface area contributed by atoms with Gasteiger partial charge >= 0.3 is 0 Å². The Labute approximate surface area is 97.1 Å². The number of para-hydroxylation sites is 1. The second-order valence-corrected chi connectivity index (χ2v) is 5.18. The maximum atomic E-state index is 5.78. The van der Waals surface area contributed by atoms with Crippen LogP contribution in [0.4, 0.5) is 0 Å². The van der Waals surface area contributed by atoms with E-state index in [1.54, 1.807) is 0 Å². The molecule has 0 saturated heterocycles. The van der Waals surface area contributed by atoms with Crippen molar-refractivity contribution in [3.63, 3.8) is 0 Å². The number of hydrogen-bond donors (Lipinski definition) is 0. The van der Waals surface area contributed by atoms with Gasteiger partial charge in [-0.25, -0.2) is 0 Å². The molecule has 0 aliphatic heterocycles. The third kappa shape index (κ3) is 1.55. The molecule has 1 aromatic heterocycles. The summed E-state index contributed by atoms with van der Waals surface area (Å²) in [5.41, 5.74) is 1.85. The van der Waals surface area contributed by atoms with Crippen molar-refractivity contribution in [1.29, 1.82) is 0 Å². The molecule has 2 aromatic carbocycles. The quantitative estimate of drug-likeness (QED) is 0.646. The molecule has 0 saturated carbocycles. The van der Waals surface area contributed by atoms with Crippen molar-refractivity contribution in [3.8, 4) is 0 Å². The Morgan fingerprint density at radius 3 is 2.69 bits per heavy atom. The highest BCUT2D eigenvalue weighted by Crippen LogP contribution is 2.31. The first-order chi connectivity index (χ1) is 7.90. The van der Waals surface area contributed by atoms with Crippen LogP contribution in [-0.2, 0) is 4.31 Å². The van der Waals surface area contributed by atoms with Crippen LogP contribution in [0.25, 0.3) is 21.9 Å². The van der Waals surface area contributed by atoms with Gasteiger partial charge in [0.2, 0.25) is 0 Å². The third-order valence-electron chi connectivity index (χ3n) is 2.57. The first-order valence-corrected chi connectivity index (χ1v) is 6.30. The fraction of sp³-hybridized carbons (Fsp3) is 0. The van der Waals surface area contributed by atoms with Gasteiger partial charge in [-0.15, -0.1) is 0 Å². The predicted octanol–water partition coefficient (Wildman–Crippen LogP) is 3.61. The SMILES string of the molecule is POPc1cccc2oc3ccccc3c12. The van der Waals surface area contributed by atoms with E-state index in [1.807, 2.05) is 30.3 Å². The molecular formula is C12H10O2P2. The lowest BCUT2D eigenvalue weighted by molar-refractivity contribution is 0.669. The molecule has 2 atom stereocenters. The molecule has 2 unspecified atom stereocenters. The van der Waals surface area contributed by atoms with Crippen molar-refractivity contribution in [1.82, 2.24) is 0 Å². The molecule has 3 rings (SSSR count). The van der Waals surface area contributed by atoms with Crippen LogP contribution in [0, 0.1) is 0 Å². The molecule has 0 amide bonds. The van der Waals surface area contributed by atoms with E-state index < -0.39 is 0 Å². The number of rotatable bonds is 2. The molecule has 0 aliphatic rings. The fourth-order valence-electron chi connectivity index (χ4n) is 1.92. The smallest absolute Gasteiger partial charge is 0.136 e. The van der Waals surface area contributed by atoms with Gasteiger partial charge in [-0.2, -0.15) is 0 Å². The lowest BCUT2D eigenvalue weighted by atomic mass is 10.1. The lowest BCUT2D eigenvalue weighted by Gasteiger charge is -2.00. The van der Waals surface area contributed by atoms with Crippen LogP contribution in [0.2, 0.25) is 0 Å².